The van der Waals surface area contributed by atoms with Crippen LogP contribution in [0, 0.1) is 6.92 Å². The van der Waals surface area contributed by atoms with E-state index in [2.05, 4.69) is 21.4 Å². The topological polar surface area (TPSA) is 84.1 Å². The number of fused-ring (bicyclic) bond motifs is 3. The standard InChI is InChI=1S/C23H27N3O3S2/c1-14-7-8-17(29-2)15(11-14)9-10-24-20(27)13-30-12-19-25-22(28)21-16-5-3-4-6-18(16)31-23(21)26-19/h7-8,11H,3-6,9-10,12-13H2,1-2H3,(H,24,27)(H,25,26,28). The molecule has 164 valence electrons. The minimum absolute atomic E-state index is 0.0216. The number of rotatable bonds is 8. The van der Waals surface area contributed by atoms with Crippen LogP contribution in [-0.4, -0.2) is 35.3 Å². The Morgan fingerprint density at radius 3 is 3.00 bits per heavy atom. The Hall–Kier alpha value is -2.32. The summed E-state index contributed by atoms with van der Waals surface area (Å²) in [6, 6.07) is 6.05. The Bertz CT molecular complexity index is 1150. The first-order valence-corrected chi connectivity index (χ1v) is 12.5. The molecule has 31 heavy (non-hydrogen) atoms. The molecule has 1 amide bonds. The van der Waals surface area contributed by atoms with Crippen LogP contribution in [0.25, 0.3) is 10.2 Å². The predicted octanol–water partition coefficient (Wildman–Crippen LogP) is 3.77. The fourth-order valence-corrected chi connectivity index (χ4v) is 6.01. The molecule has 1 aliphatic rings. The number of aromatic nitrogens is 2. The number of amides is 1. The second-order valence-electron chi connectivity index (χ2n) is 7.81. The molecule has 3 aromatic rings. The second-order valence-corrected chi connectivity index (χ2v) is 9.88. The van der Waals surface area contributed by atoms with E-state index in [0.717, 1.165) is 47.2 Å². The summed E-state index contributed by atoms with van der Waals surface area (Å²) in [7, 11) is 1.66. The monoisotopic (exact) mass is 457 g/mol. The number of benzene rings is 1. The third-order valence-corrected chi connectivity index (χ3v) is 7.63. The Morgan fingerprint density at radius 2 is 2.16 bits per heavy atom. The van der Waals surface area contributed by atoms with Gasteiger partial charge in [-0.25, -0.2) is 4.98 Å². The number of nitrogens with one attached hydrogen (secondary N) is 2. The molecule has 0 fully saturated rings. The number of aryl methyl sites for hydroxylation is 3. The van der Waals surface area contributed by atoms with Crippen LogP contribution in [0.3, 0.4) is 0 Å². The van der Waals surface area contributed by atoms with Crippen molar-refractivity contribution in [2.75, 3.05) is 19.4 Å². The summed E-state index contributed by atoms with van der Waals surface area (Å²) in [5, 5.41) is 3.73. The summed E-state index contributed by atoms with van der Waals surface area (Å²) in [5.41, 5.74) is 3.41. The lowest BCUT2D eigenvalue weighted by molar-refractivity contribution is -0.118. The van der Waals surface area contributed by atoms with Gasteiger partial charge >= 0.3 is 0 Å². The summed E-state index contributed by atoms with van der Waals surface area (Å²) in [5.74, 6) is 2.29. The number of methoxy groups -OCH3 is 1. The molecule has 1 aromatic carbocycles. The first-order chi connectivity index (χ1) is 15.0. The summed E-state index contributed by atoms with van der Waals surface area (Å²) in [4.78, 5) is 34.5. The zero-order valence-corrected chi connectivity index (χ0v) is 19.5. The van der Waals surface area contributed by atoms with E-state index >= 15 is 0 Å². The van der Waals surface area contributed by atoms with Gasteiger partial charge in [-0.1, -0.05) is 17.7 Å². The molecule has 8 heteroatoms. The van der Waals surface area contributed by atoms with E-state index in [1.54, 1.807) is 18.4 Å². The Labute approximate surface area is 189 Å². The van der Waals surface area contributed by atoms with Gasteiger partial charge in [0.2, 0.25) is 5.91 Å². The molecule has 4 rings (SSSR count). The average Bonchev–Trinajstić information content (AvgIpc) is 3.13. The first-order valence-electron chi connectivity index (χ1n) is 10.6. The van der Waals surface area contributed by atoms with E-state index in [-0.39, 0.29) is 11.5 Å². The highest BCUT2D eigenvalue weighted by atomic mass is 32.2. The van der Waals surface area contributed by atoms with Crippen molar-refractivity contribution in [3.63, 3.8) is 0 Å². The molecule has 2 heterocycles. The van der Waals surface area contributed by atoms with Crippen molar-refractivity contribution < 1.29 is 9.53 Å². The number of carbonyl (C=O) groups is 1. The van der Waals surface area contributed by atoms with Gasteiger partial charge in [0.25, 0.3) is 5.56 Å². The lowest BCUT2D eigenvalue weighted by Gasteiger charge is -2.10. The van der Waals surface area contributed by atoms with Crippen LogP contribution < -0.4 is 15.6 Å². The smallest absolute Gasteiger partial charge is 0.259 e. The zero-order valence-electron chi connectivity index (χ0n) is 17.9. The van der Waals surface area contributed by atoms with Crippen molar-refractivity contribution in [1.82, 2.24) is 15.3 Å². The fourth-order valence-electron chi connectivity index (χ4n) is 4.01. The molecular formula is C23H27N3O3S2. The van der Waals surface area contributed by atoms with Crippen molar-refractivity contribution in [2.24, 2.45) is 0 Å². The molecule has 0 aliphatic heterocycles. The molecular weight excluding hydrogens is 430 g/mol. The van der Waals surface area contributed by atoms with Crippen LogP contribution in [0.1, 0.15) is 40.2 Å². The molecule has 0 saturated carbocycles. The van der Waals surface area contributed by atoms with Gasteiger partial charge < -0.3 is 15.0 Å². The molecule has 0 unspecified atom stereocenters. The maximum Gasteiger partial charge on any atom is 0.259 e. The highest BCUT2D eigenvalue weighted by molar-refractivity contribution is 7.99. The summed E-state index contributed by atoms with van der Waals surface area (Å²) < 4.78 is 5.39. The highest BCUT2D eigenvalue weighted by Crippen LogP contribution is 2.33. The number of aromatic amines is 1. The van der Waals surface area contributed by atoms with Crippen molar-refractivity contribution in [3.05, 3.63) is 55.9 Å². The highest BCUT2D eigenvalue weighted by Gasteiger charge is 2.19. The van der Waals surface area contributed by atoms with E-state index < -0.39 is 0 Å². The van der Waals surface area contributed by atoms with Crippen LogP contribution in [-0.2, 0) is 29.8 Å². The Morgan fingerprint density at radius 1 is 1.32 bits per heavy atom. The van der Waals surface area contributed by atoms with Crippen LogP contribution in [0.4, 0.5) is 0 Å². The van der Waals surface area contributed by atoms with Crippen LogP contribution in [0.15, 0.2) is 23.0 Å². The number of carbonyl (C=O) groups excluding carboxylic acids is 1. The lowest BCUT2D eigenvalue weighted by Crippen LogP contribution is -2.27. The van der Waals surface area contributed by atoms with E-state index in [1.165, 1.54) is 34.2 Å². The van der Waals surface area contributed by atoms with Gasteiger partial charge in [-0.05, 0) is 56.2 Å². The van der Waals surface area contributed by atoms with Gasteiger partial charge in [0.1, 0.15) is 16.4 Å². The quantitative estimate of drug-likeness (QED) is 0.538. The van der Waals surface area contributed by atoms with Crippen LogP contribution in [0.5, 0.6) is 5.75 Å². The SMILES string of the molecule is COc1ccc(C)cc1CCNC(=O)CSCc1nc2sc3c(c2c(=O)[nH]1)CCCC3. The molecule has 2 N–H and O–H groups in total. The van der Waals surface area contributed by atoms with Gasteiger partial charge in [-0.3, -0.25) is 9.59 Å². The van der Waals surface area contributed by atoms with E-state index in [9.17, 15) is 9.59 Å². The molecule has 1 aliphatic carbocycles. The van der Waals surface area contributed by atoms with Crippen molar-refractivity contribution >= 4 is 39.2 Å². The first kappa shape index (κ1) is 21.9. The number of ether oxygens (including phenoxy) is 1. The maximum atomic E-state index is 12.6. The normalized spacial score (nSPS) is 13.2. The van der Waals surface area contributed by atoms with E-state index in [0.29, 0.717) is 23.9 Å². The number of thioether (sulfide) groups is 1. The molecule has 0 atom stereocenters. The zero-order chi connectivity index (χ0) is 21.8. The largest absolute Gasteiger partial charge is 0.496 e. The van der Waals surface area contributed by atoms with Crippen molar-refractivity contribution in [1.29, 1.82) is 0 Å². The van der Waals surface area contributed by atoms with Gasteiger partial charge in [0, 0.05) is 11.4 Å². The fraction of sp³-hybridized carbons (Fsp3) is 0.435. The van der Waals surface area contributed by atoms with Crippen LogP contribution in [0.2, 0.25) is 0 Å². The Balaban J connectivity index is 1.28. The predicted molar refractivity (Wildman–Crippen MR) is 127 cm³/mol. The molecule has 0 saturated heterocycles. The number of hydrogen-bond acceptors (Lipinski definition) is 6. The summed E-state index contributed by atoms with van der Waals surface area (Å²) in [6.07, 6.45) is 5.07. The Kier molecular flexibility index (Phi) is 6.97. The minimum atomic E-state index is -0.0449. The van der Waals surface area contributed by atoms with Crippen molar-refractivity contribution in [2.45, 2.75) is 44.8 Å². The van der Waals surface area contributed by atoms with Gasteiger partial charge in [-0.2, -0.15) is 0 Å². The third kappa shape index (κ3) is 5.13. The number of thiophene rings is 1. The molecule has 0 spiro atoms. The number of hydrogen-bond donors (Lipinski definition) is 2. The molecule has 0 radical (unpaired) electrons. The molecule has 0 bridgehead atoms. The number of H-pyrrole nitrogens is 1. The third-order valence-electron chi connectivity index (χ3n) is 5.50. The second kappa shape index (κ2) is 9.87. The van der Waals surface area contributed by atoms with Gasteiger partial charge in [0.15, 0.2) is 0 Å². The van der Waals surface area contributed by atoms with E-state index in [1.807, 2.05) is 19.1 Å². The van der Waals surface area contributed by atoms with Gasteiger partial charge in [0.05, 0.1) is 24.0 Å². The van der Waals surface area contributed by atoms with E-state index in [4.69, 9.17) is 4.74 Å². The average molecular weight is 458 g/mol. The minimum Gasteiger partial charge on any atom is -0.496 e. The van der Waals surface area contributed by atoms with Crippen molar-refractivity contribution in [3.8, 4) is 5.75 Å². The van der Waals surface area contributed by atoms with Crippen LogP contribution >= 0.6 is 23.1 Å². The summed E-state index contributed by atoms with van der Waals surface area (Å²) in [6.45, 7) is 2.60. The molecule has 2 aromatic heterocycles. The molecule has 6 nitrogen and oxygen atoms in total. The number of nitrogens with zero attached hydrogens (tertiary/aromatic N) is 1. The summed E-state index contributed by atoms with van der Waals surface area (Å²) >= 11 is 3.11. The maximum absolute atomic E-state index is 12.6. The van der Waals surface area contributed by atoms with Gasteiger partial charge in [-0.15, -0.1) is 23.1 Å². The lowest BCUT2D eigenvalue weighted by atomic mass is 9.97.